The minimum atomic E-state index is 0.451. The lowest BCUT2D eigenvalue weighted by molar-refractivity contribution is 0.624. The Labute approximate surface area is 104 Å². The van der Waals surface area contributed by atoms with E-state index < -0.39 is 0 Å². The predicted octanol–water partition coefficient (Wildman–Crippen LogP) is 2.66. The first kappa shape index (κ1) is 10.9. The smallest absolute Gasteiger partial charge is 0.195 e. The van der Waals surface area contributed by atoms with E-state index in [-0.39, 0.29) is 0 Å². The number of furan rings is 1. The number of aryl methyl sites for hydroxylation is 1. The van der Waals surface area contributed by atoms with Crippen molar-refractivity contribution in [3.63, 3.8) is 0 Å². The predicted molar refractivity (Wildman–Crippen MR) is 69.9 cm³/mol. The third-order valence-electron chi connectivity index (χ3n) is 2.95. The molecule has 0 saturated heterocycles. The highest BCUT2D eigenvalue weighted by Gasteiger charge is 2.09. The second kappa shape index (κ2) is 4.23. The molecular formula is C14H13N3O. The van der Waals surface area contributed by atoms with E-state index in [0.717, 1.165) is 22.2 Å². The van der Waals surface area contributed by atoms with E-state index in [4.69, 9.17) is 10.2 Å². The van der Waals surface area contributed by atoms with E-state index in [1.807, 2.05) is 37.3 Å². The van der Waals surface area contributed by atoms with Crippen LogP contribution in [-0.4, -0.2) is 9.97 Å². The standard InChI is InChI=1S/C14H13N3O/c1-9-11(7-15)8-16-14(17-9)13-6-10-4-2-3-5-12(10)18-13/h2-6,8H,7,15H2,1H3. The van der Waals surface area contributed by atoms with Crippen molar-refractivity contribution in [2.75, 3.05) is 0 Å². The number of rotatable bonds is 2. The highest BCUT2D eigenvalue weighted by molar-refractivity contribution is 5.81. The molecule has 2 N–H and O–H groups in total. The lowest BCUT2D eigenvalue weighted by Crippen LogP contribution is -2.03. The van der Waals surface area contributed by atoms with Gasteiger partial charge in [-0.25, -0.2) is 9.97 Å². The number of aromatic nitrogens is 2. The summed E-state index contributed by atoms with van der Waals surface area (Å²) in [5, 5.41) is 1.05. The van der Waals surface area contributed by atoms with Crippen LogP contribution in [0.3, 0.4) is 0 Å². The number of nitrogens with zero attached hydrogens (tertiary/aromatic N) is 2. The Hall–Kier alpha value is -2.20. The zero-order chi connectivity index (χ0) is 12.5. The van der Waals surface area contributed by atoms with Gasteiger partial charge < -0.3 is 10.2 Å². The Bertz CT molecular complexity index is 670. The number of para-hydroxylation sites is 1. The summed E-state index contributed by atoms with van der Waals surface area (Å²) < 4.78 is 5.73. The van der Waals surface area contributed by atoms with Gasteiger partial charge in [0.25, 0.3) is 0 Å². The molecule has 0 aliphatic carbocycles. The average Bonchev–Trinajstić information content (AvgIpc) is 2.82. The van der Waals surface area contributed by atoms with Crippen molar-refractivity contribution in [1.29, 1.82) is 0 Å². The van der Waals surface area contributed by atoms with Gasteiger partial charge in [-0.1, -0.05) is 18.2 Å². The molecule has 0 radical (unpaired) electrons. The van der Waals surface area contributed by atoms with Gasteiger partial charge in [-0.15, -0.1) is 0 Å². The molecule has 1 aromatic carbocycles. The first-order chi connectivity index (χ1) is 8.78. The molecular weight excluding hydrogens is 226 g/mol. The SMILES string of the molecule is Cc1nc(-c2cc3ccccc3o2)ncc1CN. The highest BCUT2D eigenvalue weighted by Crippen LogP contribution is 2.25. The van der Waals surface area contributed by atoms with E-state index in [2.05, 4.69) is 9.97 Å². The van der Waals surface area contributed by atoms with Crippen LogP contribution in [0.25, 0.3) is 22.6 Å². The number of fused-ring (bicyclic) bond motifs is 1. The normalized spacial score (nSPS) is 11.0. The summed E-state index contributed by atoms with van der Waals surface area (Å²) in [6, 6.07) is 9.81. The maximum atomic E-state index is 5.73. The number of benzene rings is 1. The molecule has 0 unspecified atom stereocenters. The van der Waals surface area contributed by atoms with Crippen molar-refractivity contribution in [2.24, 2.45) is 5.73 Å². The molecule has 0 saturated carbocycles. The molecule has 3 aromatic rings. The molecule has 0 atom stereocenters. The molecule has 4 heteroatoms. The molecule has 0 amide bonds. The van der Waals surface area contributed by atoms with E-state index >= 15 is 0 Å². The molecule has 0 aliphatic heterocycles. The molecule has 0 aliphatic rings. The Morgan fingerprint density at radius 1 is 1.28 bits per heavy atom. The molecule has 3 rings (SSSR count). The van der Waals surface area contributed by atoms with Crippen LogP contribution in [0.4, 0.5) is 0 Å². The van der Waals surface area contributed by atoms with Crippen molar-refractivity contribution >= 4 is 11.0 Å². The van der Waals surface area contributed by atoms with Crippen molar-refractivity contribution in [2.45, 2.75) is 13.5 Å². The van der Waals surface area contributed by atoms with Crippen molar-refractivity contribution in [3.8, 4) is 11.6 Å². The van der Waals surface area contributed by atoms with Gasteiger partial charge in [0.1, 0.15) is 5.58 Å². The van der Waals surface area contributed by atoms with Gasteiger partial charge in [-0.05, 0) is 19.1 Å². The Morgan fingerprint density at radius 2 is 2.11 bits per heavy atom. The molecule has 2 aromatic heterocycles. The second-order valence-corrected chi connectivity index (χ2v) is 4.16. The van der Waals surface area contributed by atoms with Crippen molar-refractivity contribution < 1.29 is 4.42 Å². The van der Waals surface area contributed by atoms with Crippen LogP contribution in [0.1, 0.15) is 11.3 Å². The summed E-state index contributed by atoms with van der Waals surface area (Å²) in [6.07, 6.45) is 1.75. The van der Waals surface area contributed by atoms with Gasteiger partial charge in [0, 0.05) is 29.4 Å². The van der Waals surface area contributed by atoms with Crippen LogP contribution in [0, 0.1) is 6.92 Å². The van der Waals surface area contributed by atoms with Crippen LogP contribution < -0.4 is 5.73 Å². The second-order valence-electron chi connectivity index (χ2n) is 4.16. The monoisotopic (exact) mass is 239 g/mol. The maximum Gasteiger partial charge on any atom is 0.195 e. The fourth-order valence-corrected chi connectivity index (χ4v) is 1.90. The summed E-state index contributed by atoms with van der Waals surface area (Å²) in [7, 11) is 0. The summed E-state index contributed by atoms with van der Waals surface area (Å²) in [5.41, 5.74) is 8.29. The third kappa shape index (κ3) is 1.76. The summed E-state index contributed by atoms with van der Waals surface area (Å²) in [5.74, 6) is 1.28. The van der Waals surface area contributed by atoms with Gasteiger partial charge in [0.2, 0.25) is 0 Å². The average molecular weight is 239 g/mol. The topological polar surface area (TPSA) is 64.9 Å². The van der Waals surface area contributed by atoms with Crippen molar-refractivity contribution in [1.82, 2.24) is 9.97 Å². The largest absolute Gasteiger partial charge is 0.453 e. The summed E-state index contributed by atoms with van der Waals surface area (Å²) in [4.78, 5) is 8.72. The van der Waals surface area contributed by atoms with Crippen LogP contribution in [-0.2, 0) is 6.54 Å². The fourth-order valence-electron chi connectivity index (χ4n) is 1.90. The highest BCUT2D eigenvalue weighted by atomic mass is 16.3. The van der Waals surface area contributed by atoms with Crippen molar-refractivity contribution in [3.05, 3.63) is 47.8 Å². The first-order valence-corrected chi connectivity index (χ1v) is 5.79. The Morgan fingerprint density at radius 3 is 2.83 bits per heavy atom. The zero-order valence-corrected chi connectivity index (χ0v) is 10.1. The summed E-state index contributed by atoms with van der Waals surface area (Å²) in [6.45, 7) is 2.38. The van der Waals surface area contributed by atoms with Crippen LogP contribution in [0.5, 0.6) is 0 Å². The molecule has 2 heterocycles. The minimum Gasteiger partial charge on any atom is -0.453 e. The van der Waals surface area contributed by atoms with Gasteiger partial charge in [0.05, 0.1) is 0 Å². The minimum absolute atomic E-state index is 0.451. The molecule has 18 heavy (non-hydrogen) atoms. The van der Waals surface area contributed by atoms with Crippen LogP contribution in [0.15, 0.2) is 40.9 Å². The molecule has 0 fully saturated rings. The number of nitrogens with two attached hydrogens (primary N) is 1. The first-order valence-electron chi connectivity index (χ1n) is 5.79. The van der Waals surface area contributed by atoms with E-state index in [1.54, 1.807) is 6.20 Å². The van der Waals surface area contributed by atoms with E-state index in [9.17, 15) is 0 Å². The lowest BCUT2D eigenvalue weighted by atomic mass is 10.2. The molecule has 0 spiro atoms. The van der Waals surface area contributed by atoms with Gasteiger partial charge in [-0.2, -0.15) is 0 Å². The number of hydrogen-bond acceptors (Lipinski definition) is 4. The van der Waals surface area contributed by atoms with Gasteiger partial charge in [-0.3, -0.25) is 0 Å². The van der Waals surface area contributed by atoms with Crippen LogP contribution in [0.2, 0.25) is 0 Å². The van der Waals surface area contributed by atoms with E-state index in [0.29, 0.717) is 18.1 Å². The third-order valence-corrected chi connectivity index (χ3v) is 2.95. The quantitative estimate of drug-likeness (QED) is 0.746. The Balaban J connectivity index is 2.11. The van der Waals surface area contributed by atoms with E-state index in [1.165, 1.54) is 0 Å². The Kier molecular flexibility index (Phi) is 2.57. The lowest BCUT2D eigenvalue weighted by Gasteiger charge is -2.02. The summed E-state index contributed by atoms with van der Waals surface area (Å²) >= 11 is 0. The van der Waals surface area contributed by atoms with Gasteiger partial charge >= 0.3 is 0 Å². The zero-order valence-electron chi connectivity index (χ0n) is 10.1. The number of hydrogen-bond donors (Lipinski definition) is 1. The molecule has 4 nitrogen and oxygen atoms in total. The molecule has 0 bridgehead atoms. The van der Waals surface area contributed by atoms with Crippen LogP contribution >= 0.6 is 0 Å². The molecule has 90 valence electrons. The maximum absolute atomic E-state index is 5.73. The fraction of sp³-hybridized carbons (Fsp3) is 0.143. The van der Waals surface area contributed by atoms with Gasteiger partial charge in [0.15, 0.2) is 11.6 Å².